The minimum Gasteiger partial charge on any atom is -0.333 e. The number of hydrogen-bond donors (Lipinski definition) is 2. The second-order valence-electron chi connectivity index (χ2n) is 5.68. The predicted molar refractivity (Wildman–Crippen MR) is 104 cm³/mol. The molecule has 0 radical (unpaired) electrons. The number of thiophene rings is 1. The number of anilines is 1. The zero-order valence-electron chi connectivity index (χ0n) is 13.6. The lowest BCUT2D eigenvalue weighted by Crippen LogP contribution is -2.52. The van der Waals surface area contributed by atoms with Gasteiger partial charge in [0.25, 0.3) is 11.8 Å². The predicted octanol–water partition coefficient (Wildman–Crippen LogP) is 3.51. The van der Waals surface area contributed by atoms with E-state index in [4.69, 9.17) is 11.6 Å². The molecule has 0 aliphatic carbocycles. The molecule has 2 heterocycles. The molecule has 2 N–H and O–H groups in total. The monoisotopic (exact) mass is 399 g/mol. The van der Waals surface area contributed by atoms with Crippen LogP contribution in [0.4, 0.5) is 5.69 Å². The SMILES string of the molecule is CC1CNCCN1C(=O)c1ccc(Cl)c(NC(=O)c2cccs2)c1.Cl. The number of nitrogens with one attached hydrogen (secondary N) is 2. The van der Waals surface area contributed by atoms with E-state index in [9.17, 15) is 9.59 Å². The fourth-order valence-corrected chi connectivity index (χ4v) is 3.44. The van der Waals surface area contributed by atoms with Gasteiger partial charge in [-0.3, -0.25) is 9.59 Å². The molecule has 2 amide bonds. The average molecular weight is 400 g/mol. The van der Waals surface area contributed by atoms with Gasteiger partial charge < -0.3 is 15.5 Å². The number of carbonyl (C=O) groups excluding carboxylic acids is 2. The summed E-state index contributed by atoms with van der Waals surface area (Å²) in [5.41, 5.74) is 0.971. The van der Waals surface area contributed by atoms with Crippen molar-refractivity contribution < 1.29 is 9.59 Å². The first-order valence-electron chi connectivity index (χ1n) is 7.72. The molecule has 2 aromatic rings. The molecule has 0 bridgehead atoms. The lowest BCUT2D eigenvalue weighted by atomic mass is 10.1. The Morgan fingerprint density at radius 1 is 1.36 bits per heavy atom. The molecular weight excluding hydrogens is 381 g/mol. The zero-order chi connectivity index (χ0) is 17.1. The van der Waals surface area contributed by atoms with Crippen LogP contribution in [-0.2, 0) is 0 Å². The third-order valence-electron chi connectivity index (χ3n) is 3.97. The van der Waals surface area contributed by atoms with E-state index >= 15 is 0 Å². The molecule has 1 aliphatic heterocycles. The maximum absolute atomic E-state index is 12.7. The van der Waals surface area contributed by atoms with Crippen LogP contribution in [0, 0.1) is 0 Å². The van der Waals surface area contributed by atoms with Crippen molar-refractivity contribution in [1.29, 1.82) is 0 Å². The molecule has 25 heavy (non-hydrogen) atoms. The zero-order valence-corrected chi connectivity index (χ0v) is 16.0. The van der Waals surface area contributed by atoms with Gasteiger partial charge in [0.1, 0.15) is 0 Å². The van der Waals surface area contributed by atoms with Crippen molar-refractivity contribution >= 4 is 52.8 Å². The highest BCUT2D eigenvalue weighted by atomic mass is 35.5. The maximum atomic E-state index is 12.7. The standard InChI is InChI=1S/C17H18ClN3O2S.ClH/c1-11-10-19-6-7-21(11)17(23)12-4-5-13(18)14(9-12)20-16(22)15-3-2-8-24-15;/h2-5,8-9,11,19H,6-7,10H2,1H3,(H,20,22);1H. The molecule has 0 saturated carbocycles. The molecule has 1 atom stereocenters. The van der Waals surface area contributed by atoms with E-state index in [0.717, 1.165) is 13.1 Å². The minimum absolute atomic E-state index is 0. The third-order valence-corrected chi connectivity index (χ3v) is 5.17. The van der Waals surface area contributed by atoms with Crippen LogP contribution in [0.1, 0.15) is 27.0 Å². The number of hydrogen-bond acceptors (Lipinski definition) is 4. The highest BCUT2D eigenvalue weighted by molar-refractivity contribution is 7.12. The number of carbonyl (C=O) groups is 2. The highest BCUT2D eigenvalue weighted by Crippen LogP contribution is 2.25. The van der Waals surface area contributed by atoms with Crippen molar-refractivity contribution in [3.05, 3.63) is 51.2 Å². The first-order valence-corrected chi connectivity index (χ1v) is 8.98. The van der Waals surface area contributed by atoms with E-state index in [-0.39, 0.29) is 30.3 Å². The lowest BCUT2D eigenvalue weighted by Gasteiger charge is -2.34. The fraction of sp³-hybridized carbons (Fsp3) is 0.294. The molecule has 1 aromatic carbocycles. The second-order valence-corrected chi connectivity index (χ2v) is 7.03. The van der Waals surface area contributed by atoms with Crippen molar-refractivity contribution in [2.24, 2.45) is 0 Å². The fourth-order valence-electron chi connectivity index (χ4n) is 2.65. The number of rotatable bonds is 3. The van der Waals surface area contributed by atoms with Crippen molar-refractivity contribution in [1.82, 2.24) is 10.2 Å². The Morgan fingerprint density at radius 3 is 2.84 bits per heavy atom. The number of amides is 2. The smallest absolute Gasteiger partial charge is 0.265 e. The van der Waals surface area contributed by atoms with Crippen LogP contribution in [0.15, 0.2) is 35.7 Å². The van der Waals surface area contributed by atoms with E-state index in [2.05, 4.69) is 10.6 Å². The Bertz CT molecular complexity index is 752. The van der Waals surface area contributed by atoms with Crippen LogP contribution in [0.2, 0.25) is 5.02 Å². The van der Waals surface area contributed by atoms with Crippen LogP contribution in [0.25, 0.3) is 0 Å². The van der Waals surface area contributed by atoms with Gasteiger partial charge in [-0.05, 0) is 36.6 Å². The summed E-state index contributed by atoms with van der Waals surface area (Å²) in [5.74, 6) is -0.278. The molecule has 8 heteroatoms. The topological polar surface area (TPSA) is 61.4 Å². The van der Waals surface area contributed by atoms with Crippen LogP contribution in [0.3, 0.4) is 0 Å². The normalized spacial score (nSPS) is 16.9. The molecule has 1 saturated heterocycles. The summed E-state index contributed by atoms with van der Waals surface area (Å²) < 4.78 is 0. The van der Waals surface area contributed by atoms with Gasteiger partial charge in [0.05, 0.1) is 15.6 Å². The molecule has 1 aliphatic rings. The van der Waals surface area contributed by atoms with Crippen LogP contribution in [-0.4, -0.2) is 42.4 Å². The minimum atomic E-state index is -0.230. The summed E-state index contributed by atoms with van der Waals surface area (Å²) >= 11 is 7.53. The van der Waals surface area contributed by atoms with Gasteiger partial charge in [-0.1, -0.05) is 17.7 Å². The van der Waals surface area contributed by atoms with Crippen LogP contribution in [0.5, 0.6) is 0 Å². The summed E-state index contributed by atoms with van der Waals surface area (Å²) in [5, 5.41) is 8.28. The summed E-state index contributed by atoms with van der Waals surface area (Å²) in [6, 6.07) is 8.67. The Kier molecular flexibility index (Phi) is 6.84. The van der Waals surface area contributed by atoms with Gasteiger partial charge in [-0.25, -0.2) is 0 Å². The summed E-state index contributed by atoms with van der Waals surface area (Å²) in [4.78, 5) is 27.4. The number of nitrogens with zero attached hydrogens (tertiary/aromatic N) is 1. The van der Waals surface area contributed by atoms with Gasteiger partial charge in [0, 0.05) is 31.2 Å². The van der Waals surface area contributed by atoms with Crippen molar-refractivity contribution in [2.45, 2.75) is 13.0 Å². The Labute approximate surface area is 161 Å². The lowest BCUT2D eigenvalue weighted by molar-refractivity contribution is 0.0655. The van der Waals surface area contributed by atoms with E-state index in [1.165, 1.54) is 11.3 Å². The van der Waals surface area contributed by atoms with Crippen molar-refractivity contribution in [3.63, 3.8) is 0 Å². The van der Waals surface area contributed by atoms with Crippen molar-refractivity contribution in [3.8, 4) is 0 Å². The van der Waals surface area contributed by atoms with E-state index in [1.54, 1.807) is 24.3 Å². The first kappa shape index (κ1) is 19.7. The summed E-state index contributed by atoms with van der Waals surface area (Å²) in [6.07, 6.45) is 0. The molecular formula is C17H19Cl2N3O2S. The van der Waals surface area contributed by atoms with Gasteiger partial charge in [-0.2, -0.15) is 0 Å². The molecule has 0 spiro atoms. The molecule has 1 fully saturated rings. The van der Waals surface area contributed by atoms with Crippen molar-refractivity contribution in [2.75, 3.05) is 25.0 Å². The highest BCUT2D eigenvalue weighted by Gasteiger charge is 2.24. The third kappa shape index (κ3) is 4.52. The number of benzene rings is 1. The number of halogens is 2. The maximum Gasteiger partial charge on any atom is 0.265 e. The Morgan fingerprint density at radius 2 is 2.16 bits per heavy atom. The second kappa shape index (κ2) is 8.67. The first-order chi connectivity index (χ1) is 11.6. The molecule has 134 valence electrons. The van der Waals surface area contributed by atoms with E-state index in [0.29, 0.717) is 27.7 Å². The molecule has 3 rings (SSSR count). The molecule has 5 nitrogen and oxygen atoms in total. The van der Waals surface area contributed by atoms with Gasteiger partial charge in [0.2, 0.25) is 0 Å². The molecule has 1 aromatic heterocycles. The van der Waals surface area contributed by atoms with Gasteiger partial charge >= 0.3 is 0 Å². The largest absolute Gasteiger partial charge is 0.333 e. The van der Waals surface area contributed by atoms with E-state index in [1.807, 2.05) is 23.3 Å². The van der Waals surface area contributed by atoms with Crippen LogP contribution < -0.4 is 10.6 Å². The average Bonchev–Trinajstić information content (AvgIpc) is 3.11. The van der Waals surface area contributed by atoms with Gasteiger partial charge in [0.15, 0.2) is 0 Å². The quantitative estimate of drug-likeness (QED) is 0.829. The number of piperazine rings is 1. The summed E-state index contributed by atoms with van der Waals surface area (Å²) in [7, 11) is 0. The Hall–Kier alpha value is -1.60. The molecule has 1 unspecified atom stereocenters. The van der Waals surface area contributed by atoms with E-state index < -0.39 is 0 Å². The van der Waals surface area contributed by atoms with Crippen LogP contribution >= 0.6 is 35.3 Å². The summed E-state index contributed by atoms with van der Waals surface area (Å²) in [6.45, 7) is 4.24. The Balaban J connectivity index is 0.00000225. The van der Waals surface area contributed by atoms with Gasteiger partial charge in [-0.15, -0.1) is 23.7 Å².